The number of rotatable bonds is 3. The van der Waals surface area contributed by atoms with Crippen LogP contribution < -0.4 is 9.64 Å². The predicted molar refractivity (Wildman–Crippen MR) is 83.4 cm³/mol. The summed E-state index contributed by atoms with van der Waals surface area (Å²) >= 11 is 0. The van der Waals surface area contributed by atoms with E-state index in [0.29, 0.717) is 12.0 Å². The van der Waals surface area contributed by atoms with Crippen molar-refractivity contribution >= 4 is 11.6 Å². The fraction of sp³-hybridized carbons (Fsp3) is 0.167. The fourth-order valence-corrected chi connectivity index (χ4v) is 2.71. The van der Waals surface area contributed by atoms with Crippen LogP contribution in [0, 0.1) is 0 Å². The highest BCUT2D eigenvalue weighted by molar-refractivity contribution is 6.08. The molecule has 0 bridgehead atoms. The van der Waals surface area contributed by atoms with Gasteiger partial charge in [-0.25, -0.2) is 0 Å². The monoisotopic (exact) mass is 279 g/mol. The van der Waals surface area contributed by atoms with Gasteiger partial charge in [0, 0.05) is 17.7 Å². The molecule has 1 heterocycles. The summed E-state index contributed by atoms with van der Waals surface area (Å²) in [7, 11) is 1.63. The summed E-state index contributed by atoms with van der Waals surface area (Å²) in [6, 6.07) is 17.6. The predicted octanol–water partition coefficient (Wildman–Crippen LogP) is 3.73. The Kier molecular flexibility index (Phi) is 3.48. The number of amides is 1. The van der Waals surface area contributed by atoms with Crippen LogP contribution in [0.25, 0.3) is 0 Å². The molecular weight excluding hydrogens is 262 g/mol. The molecule has 1 amide bonds. The van der Waals surface area contributed by atoms with Crippen LogP contribution in [0.1, 0.15) is 18.0 Å². The Bertz CT molecular complexity index is 661. The standard InChI is InChI=1S/C18H17NO2/c1-13-12-17(14-6-4-3-5-7-14)19(18(13)20)15-8-10-16(21-2)11-9-15/h3-11,17H,1,12H2,2H3. The molecule has 3 rings (SSSR count). The molecule has 0 aromatic heterocycles. The highest BCUT2D eigenvalue weighted by atomic mass is 16.5. The van der Waals surface area contributed by atoms with Gasteiger partial charge in [-0.05, 0) is 29.8 Å². The van der Waals surface area contributed by atoms with Crippen LogP contribution in [0.2, 0.25) is 0 Å². The van der Waals surface area contributed by atoms with Gasteiger partial charge < -0.3 is 9.64 Å². The topological polar surface area (TPSA) is 29.5 Å². The third-order valence-corrected chi connectivity index (χ3v) is 3.81. The highest BCUT2D eigenvalue weighted by Gasteiger charge is 2.35. The Morgan fingerprint density at radius 1 is 1.10 bits per heavy atom. The number of hydrogen-bond donors (Lipinski definition) is 0. The highest BCUT2D eigenvalue weighted by Crippen LogP contribution is 2.39. The minimum Gasteiger partial charge on any atom is -0.497 e. The maximum absolute atomic E-state index is 12.4. The number of carbonyl (C=O) groups excluding carboxylic acids is 1. The number of nitrogens with zero attached hydrogens (tertiary/aromatic N) is 1. The second-order valence-electron chi connectivity index (χ2n) is 5.11. The van der Waals surface area contributed by atoms with E-state index < -0.39 is 0 Å². The van der Waals surface area contributed by atoms with E-state index in [1.165, 1.54) is 0 Å². The molecule has 1 aliphatic heterocycles. The van der Waals surface area contributed by atoms with Crippen LogP contribution in [-0.2, 0) is 4.79 Å². The molecule has 2 aromatic rings. The maximum Gasteiger partial charge on any atom is 0.254 e. The molecule has 3 heteroatoms. The average Bonchev–Trinajstić information content (AvgIpc) is 2.84. The first-order chi connectivity index (χ1) is 10.2. The fourth-order valence-electron chi connectivity index (χ4n) is 2.71. The quantitative estimate of drug-likeness (QED) is 0.801. The number of benzene rings is 2. The lowest BCUT2D eigenvalue weighted by Gasteiger charge is -2.25. The van der Waals surface area contributed by atoms with E-state index in [4.69, 9.17) is 4.74 Å². The lowest BCUT2D eigenvalue weighted by molar-refractivity contribution is -0.114. The normalized spacial score (nSPS) is 18.1. The number of anilines is 1. The van der Waals surface area contributed by atoms with Gasteiger partial charge in [-0.2, -0.15) is 0 Å². The third kappa shape index (κ3) is 2.42. The molecule has 1 aliphatic rings. The maximum atomic E-state index is 12.4. The summed E-state index contributed by atoms with van der Waals surface area (Å²) in [4.78, 5) is 14.3. The average molecular weight is 279 g/mol. The minimum atomic E-state index is -0.00554. The van der Waals surface area contributed by atoms with Gasteiger partial charge in [-0.1, -0.05) is 36.9 Å². The second-order valence-corrected chi connectivity index (χ2v) is 5.11. The Morgan fingerprint density at radius 2 is 1.76 bits per heavy atom. The molecule has 21 heavy (non-hydrogen) atoms. The van der Waals surface area contributed by atoms with Gasteiger partial charge in [-0.15, -0.1) is 0 Å². The Morgan fingerprint density at radius 3 is 2.38 bits per heavy atom. The van der Waals surface area contributed by atoms with Gasteiger partial charge in [0.1, 0.15) is 5.75 Å². The van der Waals surface area contributed by atoms with E-state index in [1.54, 1.807) is 7.11 Å². The zero-order valence-corrected chi connectivity index (χ0v) is 12.0. The van der Waals surface area contributed by atoms with Crippen LogP contribution in [0.15, 0.2) is 66.7 Å². The molecule has 0 saturated carbocycles. The third-order valence-electron chi connectivity index (χ3n) is 3.81. The molecule has 1 saturated heterocycles. The van der Waals surface area contributed by atoms with Crippen LogP contribution in [0.4, 0.5) is 5.69 Å². The molecule has 0 N–H and O–H groups in total. The zero-order chi connectivity index (χ0) is 14.8. The van der Waals surface area contributed by atoms with Crippen molar-refractivity contribution in [3.05, 3.63) is 72.3 Å². The summed E-state index contributed by atoms with van der Waals surface area (Å²) in [6.45, 7) is 3.90. The molecule has 3 nitrogen and oxygen atoms in total. The van der Waals surface area contributed by atoms with Crippen molar-refractivity contribution in [1.29, 1.82) is 0 Å². The molecule has 0 radical (unpaired) electrons. The van der Waals surface area contributed by atoms with Gasteiger partial charge >= 0.3 is 0 Å². The molecule has 1 unspecified atom stereocenters. The molecule has 0 aliphatic carbocycles. The molecule has 2 aromatic carbocycles. The summed E-state index contributed by atoms with van der Waals surface area (Å²) in [5.41, 5.74) is 2.65. The Hall–Kier alpha value is -2.55. The van der Waals surface area contributed by atoms with Crippen molar-refractivity contribution in [3.8, 4) is 5.75 Å². The first-order valence-corrected chi connectivity index (χ1v) is 6.91. The first kappa shape index (κ1) is 13.4. The first-order valence-electron chi connectivity index (χ1n) is 6.91. The van der Waals surface area contributed by atoms with Crippen molar-refractivity contribution < 1.29 is 9.53 Å². The van der Waals surface area contributed by atoms with E-state index >= 15 is 0 Å². The lowest BCUT2D eigenvalue weighted by atomic mass is 10.0. The smallest absolute Gasteiger partial charge is 0.254 e. The lowest BCUT2D eigenvalue weighted by Crippen LogP contribution is -2.27. The van der Waals surface area contributed by atoms with Gasteiger partial charge in [0.05, 0.1) is 13.2 Å². The molecular formula is C18H17NO2. The number of hydrogen-bond acceptors (Lipinski definition) is 2. The van der Waals surface area contributed by atoms with Gasteiger partial charge in [0.25, 0.3) is 5.91 Å². The van der Waals surface area contributed by atoms with Gasteiger partial charge in [0.2, 0.25) is 0 Å². The number of methoxy groups -OCH3 is 1. The van der Waals surface area contributed by atoms with Crippen molar-refractivity contribution in [2.45, 2.75) is 12.5 Å². The van der Waals surface area contributed by atoms with Gasteiger partial charge in [-0.3, -0.25) is 4.79 Å². The SMILES string of the molecule is C=C1CC(c2ccccc2)N(c2ccc(OC)cc2)C1=O. The van der Waals surface area contributed by atoms with E-state index in [-0.39, 0.29) is 11.9 Å². The molecule has 1 fully saturated rings. The van der Waals surface area contributed by atoms with Crippen LogP contribution >= 0.6 is 0 Å². The van der Waals surface area contributed by atoms with E-state index in [1.807, 2.05) is 59.5 Å². The van der Waals surface area contributed by atoms with E-state index in [2.05, 4.69) is 6.58 Å². The van der Waals surface area contributed by atoms with E-state index in [0.717, 1.165) is 17.0 Å². The second kappa shape index (κ2) is 5.44. The van der Waals surface area contributed by atoms with Crippen molar-refractivity contribution in [3.63, 3.8) is 0 Å². The molecule has 1 atom stereocenters. The largest absolute Gasteiger partial charge is 0.497 e. The Balaban J connectivity index is 1.99. The summed E-state index contributed by atoms with van der Waals surface area (Å²) in [5.74, 6) is 0.773. The van der Waals surface area contributed by atoms with Crippen molar-refractivity contribution in [2.24, 2.45) is 0 Å². The number of carbonyl (C=O) groups is 1. The van der Waals surface area contributed by atoms with Crippen LogP contribution in [0.5, 0.6) is 5.75 Å². The summed E-state index contributed by atoms with van der Waals surface area (Å²) in [5, 5.41) is 0. The number of ether oxygens (including phenoxy) is 1. The molecule has 106 valence electrons. The Labute approximate surface area is 124 Å². The summed E-state index contributed by atoms with van der Waals surface area (Å²) in [6.07, 6.45) is 0.662. The van der Waals surface area contributed by atoms with Crippen LogP contribution in [0.3, 0.4) is 0 Å². The summed E-state index contributed by atoms with van der Waals surface area (Å²) < 4.78 is 5.17. The van der Waals surface area contributed by atoms with E-state index in [9.17, 15) is 4.79 Å². The zero-order valence-electron chi connectivity index (χ0n) is 12.0. The van der Waals surface area contributed by atoms with Crippen molar-refractivity contribution in [1.82, 2.24) is 0 Å². The molecule has 0 spiro atoms. The minimum absolute atomic E-state index is 0.00554. The van der Waals surface area contributed by atoms with Crippen molar-refractivity contribution in [2.75, 3.05) is 12.0 Å². The van der Waals surface area contributed by atoms with Crippen LogP contribution in [-0.4, -0.2) is 13.0 Å². The van der Waals surface area contributed by atoms with Gasteiger partial charge in [0.15, 0.2) is 0 Å².